The number of hydrogen-bond acceptors (Lipinski definition) is 1. The van der Waals surface area contributed by atoms with Gasteiger partial charge in [0.2, 0.25) is 0 Å². The summed E-state index contributed by atoms with van der Waals surface area (Å²) in [4.78, 5) is 0. The van der Waals surface area contributed by atoms with E-state index in [0.29, 0.717) is 0 Å². The first-order chi connectivity index (χ1) is 21.8. The molecule has 0 atom stereocenters. The lowest BCUT2D eigenvalue weighted by molar-refractivity contribution is 0.669. The van der Waals surface area contributed by atoms with E-state index in [1.165, 1.54) is 55.2 Å². The Balaban J connectivity index is 1.21. The van der Waals surface area contributed by atoms with E-state index < -0.39 is 0 Å². The minimum Gasteiger partial charge on any atom is -0.456 e. The highest BCUT2D eigenvalue weighted by molar-refractivity contribution is 6.17. The number of furan rings is 1. The number of fused-ring (bicyclic) bond motifs is 6. The lowest BCUT2D eigenvalue weighted by atomic mass is 9.93. The average molecular weight is 562 g/mol. The first kappa shape index (κ1) is 24.7. The highest BCUT2D eigenvalue weighted by Crippen LogP contribution is 2.39. The largest absolute Gasteiger partial charge is 0.456 e. The molecule has 2 heterocycles. The lowest BCUT2D eigenvalue weighted by Crippen LogP contribution is -1.94. The van der Waals surface area contributed by atoms with E-state index in [2.05, 4.69) is 156 Å². The third-order valence-corrected chi connectivity index (χ3v) is 8.78. The Morgan fingerprint density at radius 1 is 0.318 bits per heavy atom. The maximum atomic E-state index is 6.26. The molecular weight excluding hydrogens is 534 g/mol. The molecule has 2 nitrogen and oxygen atoms in total. The third-order valence-electron chi connectivity index (χ3n) is 8.78. The van der Waals surface area contributed by atoms with Crippen LogP contribution in [0.4, 0.5) is 0 Å². The minimum atomic E-state index is 0.919. The second-order valence-electron chi connectivity index (χ2n) is 11.4. The quantitative estimate of drug-likeness (QED) is 0.209. The summed E-state index contributed by atoms with van der Waals surface area (Å²) >= 11 is 0. The van der Waals surface area contributed by atoms with Gasteiger partial charge in [-0.1, -0.05) is 109 Å². The molecule has 0 unspecified atom stereocenters. The summed E-state index contributed by atoms with van der Waals surface area (Å²) in [5.41, 5.74) is 12.6. The molecule has 0 amide bonds. The summed E-state index contributed by atoms with van der Waals surface area (Å²) < 4.78 is 8.64. The molecule has 0 saturated heterocycles. The molecule has 0 saturated carbocycles. The van der Waals surface area contributed by atoms with Crippen LogP contribution >= 0.6 is 0 Å². The molecule has 2 heteroatoms. The van der Waals surface area contributed by atoms with Crippen LogP contribution in [0.1, 0.15) is 0 Å². The Morgan fingerprint density at radius 2 is 0.864 bits per heavy atom. The van der Waals surface area contributed by atoms with Crippen LogP contribution in [0.25, 0.3) is 82.8 Å². The van der Waals surface area contributed by atoms with Gasteiger partial charge in [-0.05, 0) is 88.0 Å². The third kappa shape index (κ3) is 3.96. The second kappa shape index (κ2) is 9.86. The highest BCUT2D eigenvalue weighted by Gasteiger charge is 2.16. The molecule has 0 N–H and O–H groups in total. The molecule has 0 bridgehead atoms. The van der Waals surface area contributed by atoms with Crippen molar-refractivity contribution in [2.24, 2.45) is 0 Å². The maximum Gasteiger partial charge on any atom is 0.136 e. The monoisotopic (exact) mass is 561 g/mol. The van der Waals surface area contributed by atoms with Crippen LogP contribution < -0.4 is 0 Å². The molecule has 2 aromatic heterocycles. The van der Waals surface area contributed by atoms with Gasteiger partial charge in [0, 0.05) is 27.2 Å². The summed E-state index contributed by atoms with van der Waals surface area (Å²) in [5, 5.41) is 4.69. The van der Waals surface area contributed by atoms with Gasteiger partial charge in [-0.15, -0.1) is 0 Å². The molecule has 0 aliphatic carbocycles. The fraction of sp³-hybridized carbons (Fsp3) is 0. The molecule has 44 heavy (non-hydrogen) atoms. The summed E-state index contributed by atoms with van der Waals surface area (Å²) in [7, 11) is 0. The lowest BCUT2D eigenvalue weighted by Gasteiger charge is -2.13. The molecule has 0 radical (unpaired) electrons. The van der Waals surface area contributed by atoms with E-state index in [9.17, 15) is 0 Å². The molecule has 9 aromatic rings. The zero-order chi connectivity index (χ0) is 29.0. The fourth-order valence-corrected chi connectivity index (χ4v) is 6.66. The van der Waals surface area contributed by atoms with Gasteiger partial charge in [0.15, 0.2) is 0 Å². The fourth-order valence-electron chi connectivity index (χ4n) is 6.66. The van der Waals surface area contributed by atoms with Crippen LogP contribution in [-0.2, 0) is 0 Å². The summed E-state index contributed by atoms with van der Waals surface area (Å²) in [6.45, 7) is 0. The van der Waals surface area contributed by atoms with Crippen molar-refractivity contribution >= 4 is 43.7 Å². The Morgan fingerprint density at radius 3 is 1.52 bits per heavy atom. The summed E-state index contributed by atoms with van der Waals surface area (Å²) in [5.74, 6) is 0. The van der Waals surface area contributed by atoms with Crippen molar-refractivity contribution in [1.82, 2.24) is 4.57 Å². The Hall–Kier alpha value is -5.86. The molecule has 0 aliphatic rings. The summed E-state index contributed by atoms with van der Waals surface area (Å²) in [6.07, 6.45) is 0. The standard InChI is InChI=1S/C42H27NO/c1-3-11-28(12-4-1)31-23-32(29-13-5-2-6-14-29)25-33(24-31)30-19-21-34(22-20-30)43-39-17-9-7-15-35(39)37-27-42-38(26-40(37)43)36-16-8-10-18-41(36)44-42/h1-27H. The van der Waals surface area contributed by atoms with Crippen LogP contribution in [0.2, 0.25) is 0 Å². The molecule has 206 valence electrons. The van der Waals surface area contributed by atoms with Gasteiger partial charge in [0.05, 0.1) is 11.0 Å². The van der Waals surface area contributed by atoms with Crippen molar-refractivity contribution in [2.75, 3.05) is 0 Å². The first-order valence-electron chi connectivity index (χ1n) is 15.0. The van der Waals surface area contributed by atoms with E-state index in [1.54, 1.807) is 0 Å². The number of aromatic nitrogens is 1. The van der Waals surface area contributed by atoms with Crippen molar-refractivity contribution in [1.29, 1.82) is 0 Å². The van der Waals surface area contributed by atoms with Crippen molar-refractivity contribution in [2.45, 2.75) is 0 Å². The molecule has 0 aliphatic heterocycles. The van der Waals surface area contributed by atoms with Crippen LogP contribution in [0.5, 0.6) is 0 Å². The van der Waals surface area contributed by atoms with Gasteiger partial charge in [-0.2, -0.15) is 0 Å². The number of nitrogens with zero attached hydrogens (tertiary/aromatic N) is 1. The number of benzene rings is 7. The minimum absolute atomic E-state index is 0.919. The van der Waals surface area contributed by atoms with Gasteiger partial charge >= 0.3 is 0 Å². The Bertz CT molecular complexity index is 2410. The number of rotatable bonds is 4. The number of hydrogen-bond donors (Lipinski definition) is 0. The van der Waals surface area contributed by atoms with Crippen molar-refractivity contribution < 1.29 is 4.42 Å². The zero-order valence-electron chi connectivity index (χ0n) is 23.9. The average Bonchev–Trinajstić information content (AvgIpc) is 3.63. The van der Waals surface area contributed by atoms with E-state index in [4.69, 9.17) is 4.42 Å². The Labute approximate surface area is 255 Å². The number of para-hydroxylation sites is 2. The van der Waals surface area contributed by atoms with E-state index in [0.717, 1.165) is 27.6 Å². The van der Waals surface area contributed by atoms with Gasteiger partial charge < -0.3 is 8.98 Å². The van der Waals surface area contributed by atoms with Crippen molar-refractivity contribution in [3.05, 3.63) is 164 Å². The smallest absolute Gasteiger partial charge is 0.136 e. The SMILES string of the molecule is c1ccc(-c2cc(-c3ccccc3)cc(-c3ccc(-n4c5ccccc5c5cc6oc7ccccc7c6cc54)cc3)c2)cc1. The first-order valence-corrected chi connectivity index (χ1v) is 15.0. The van der Waals surface area contributed by atoms with Crippen LogP contribution in [0, 0.1) is 0 Å². The topological polar surface area (TPSA) is 18.1 Å². The summed E-state index contributed by atoms with van der Waals surface area (Å²) in [6, 6.07) is 58.6. The predicted molar refractivity (Wildman–Crippen MR) is 184 cm³/mol. The van der Waals surface area contributed by atoms with Gasteiger partial charge in [0.1, 0.15) is 11.2 Å². The zero-order valence-corrected chi connectivity index (χ0v) is 23.9. The predicted octanol–water partition coefficient (Wildman–Crippen LogP) is 11.7. The molecular formula is C42H27NO. The van der Waals surface area contributed by atoms with Crippen molar-refractivity contribution in [3.8, 4) is 39.1 Å². The molecule has 0 fully saturated rings. The molecule has 9 rings (SSSR count). The molecule has 7 aromatic carbocycles. The maximum absolute atomic E-state index is 6.26. The van der Waals surface area contributed by atoms with E-state index in [-0.39, 0.29) is 0 Å². The highest BCUT2D eigenvalue weighted by atomic mass is 16.3. The second-order valence-corrected chi connectivity index (χ2v) is 11.4. The van der Waals surface area contributed by atoms with E-state index in [1.807, 2.05) is 12.1 Å². The molecule has 0 spiro atoms. The van der Waals surface area contributed by atoms with Crippen LogP contribution in [-0.4, -0.2) is 4.57 Å². The van der Waals surface area contributed by atoms with Crippen LogP contribution in [0.15, 0.2) is 168 Å². The Kier molecular flexibility index (Phi) is 5.54. The van der Waals surface area contributed by atoms with E-state index >= 15 is 0 Å². The van der Waals surface area contributed by atoms with Crippen LogP contribution in [0.3, 0.4) is 0 Å². The van der Waals surface area contributed by atoms with Gasteiger partial charge in [-0.25, -0.2) is 0 Å². The van der Waals surface area contributed by atoms with Gasteiger partial charge in [-0.3, -0.25) is 0 Å². The normalized spacial score (nSPS) is 11.6. The van der Waals surface area contributed by atoms with Crippen molar-refractivity contribution in [3.63, 3.8) is 0 Å². The van der Waals surface area contributed by atoms with Gasteiger partial charge in [0.25, 0.3) is 0 Å².